The van der Waals surface area contributed by atoms with Crippen LogP contribution in [0.15, 0.2) is 60.7 Å². The molecule has 5 rings (SSSR count). The van der Waals surface area contributed by atoms with Crippen molar-refractivity contribution in [2.75, 3.05) is 0 Å². The van der Waals surface area contributed by atoms with Gasteiger partial charge < -0.3 is 0 Å². The third-order valence-corrected chi connectivity index (χ3v) is 7.84. The summed E-state index contributed by atoms with van der Waals surface area (Å²) < 4.78 is 0. The summed E-state index contributed by atoms with van der Waals surface area (Å²) in [6.07, 6.45) is 0.995. The summed E-state index contributed by atoms with van der Waals surface area (Å²) in [5.74, 6) is 0. The predicted molar refractivity (Wildman–Crippen MR) is 162 cm³/mol. The average molecular weight is 487 g/mol. The molecule has 4 aromatic rings. The molecule has 0 radical (unpaired) electrons. The molecular weight excluding hydrogens is 444 g/mol. The summed E-state index contributed by atoms with van der Waals surface area (Å²) in [7, 11) is 0. The van der Waals surface area contributed by atoms with E-state index in [1.54, 1.807) is 0 Å². The van der Waals surface area contributed by atoms with Crippen molar-refractivity contribution in [1.29, 1.82) is 0 Å². The van der Waals surface area contributed by atoms with E-state index in [0.717, 1.165) is 6.42 Å². The van der Waals surface area contributed by atoms with Gasteiger partial charge in [-0.1, -0.05) is 100 Å². The van der Waals surface area contributed by atoms with E-state index >= 15 is 0 Å². The van der Waals surface area contributed by atoms with Gasteiger partial charge in [-0.15, -0.1) is 0 Å². The van der Waals surface area contributed by atoms with Crippen LogP contribution in [-0.2, 0) is 17.3 Å². The highest BCUT2D eigenvalue weighted by molar-refractivity contribution is 5.86. The van der Waals surface area contributed by atoms with Gasteiger partial charge in [-0.05, 0) is 125 Å². The van der Waals surface area contributed by atoms with Crippen molar-refractivity contribution in [3.05, 3.63) is 105 Å². The number of fused-ring (bicyclic) bond motifs is 3. The van der Waals surface area contributed by atoms with E-state index in [0.29, 0.717) is 0 Å². The maximum atomic E-state index is 2.51. The van der Waals surface area contributed by atoms with Crippen LogP contribution >= 0.6 is 0 Å². The lowest BCUT2D eigenvalue weighted by molar-refractivity contribution is 0.591. The predicted octanol–water partition coefficient (Wildman–Crippen LogP) is 10.4. The van der Waals surface area contributed by atoms with E-state index in [-0.39, 0.29) is 10.8 Å². The molecule has 0 heterocycles. The van der Waals surface area contributed by atoms with Crippen LogP contribution in [-0.4, -0.2) is 0 Å². The fraction of sp³-hybridized carbons (Fsp3) is 0.351. The highest BCUT2D eigenvalue weighted by Crippen LogP contribution is 2.47. The van der Waals surface area contributed by atoms with Crippen LogP contribution in [0.3, 0.4) is 0 Å². The Balaban J connectivity index is 1.75. The molecule has 0 bridgehead atoms. The van der Waals surface area contributed by atoms with Crippen molar-refractivity contribution in [2.45, 2.75) is 86.5 Å². The minimum Gasteiger partial charge on any atom is -0.0563 e. The molecule has 37 heavy (non-hydrogen) atoms. The monoisotopic (exact) mass is 486 g/mol. The van der Waals surface area contributed by atoms with Crippen molar-refractivity contribution in [2.24, 2.45) is 0 Å². The van der Waals surface area contributed by atoms with Gasteiger partial charge in [0.2, 0.25) is 0 Å². The molecule has 0 fully saturated rings. The topological polar surface area (TPSA) is 0 Å². The molecule has 0 spiro atoms. The van der Waals surface area contributed by atoms with E-state index in [4.69, 9.17) is 0 Å². The van der Waals surface area contributed by atoms with Gasteiger partial charge in [0.1, 0.15) is 0 Å². The third-order valence-electron chi connectivity index (χ3n) is 7.84. The molecule has 0 atom stereocenters. The summed E-state index contributed by atoms with van der Waals surface area (Å²) in [6, 6.07) is 24.0. The molecule has 0 amide bonds. The minimum absolute atomic E-state index is 0.0522. The molecule has 1 aliphatic carbocycles. The summed E-state index contributed by atoms with van der Waals surface area (Å²) in [6.45, 7) is 22.9. The third kappa shape index (κ3) is 4.79. The molecule has 0 aromatic heterocycles. The summed E-state index contributed by atoms with van der Waals surface area (Å²) in [4.78, 5) is 0. The Morgan fingerprint density at radius 2 is 0.730 bits per heavy atom. The van der Waals surface area contributed by atoms with E-state index in [1.165, 1.54) is 77.9 Å². The first kappa shape index (κ1) is 25.5. The van der Waals surface area contributed by atoms with Crippen LogP contribution < -0.4 is 0 Å². The van der Waals surface area contributed by atoms with Crippen molar-refractivity contribution in [1.82, 2.24) is 0 Å². The standard InChI is InChI=1S/C37H42/c1-22-11-23(2)14-26(13-22)32-18-28-17-29-19-33(27-15-24(3)12-25(4)16-27)35(37(8,9)10)21-31(29)30(28)20-34(32)36(5,6)7/h11-16,18-21H,17H2,1-10H3. The Hall–Kier alpha value is -3.12. The first-order valence-corrected chi connectivity index (χ1v) is 13.7. The first-order valence-electron chi connectivity index (χ1n) is 13.7. The van der Waals surface area contributed by atoms with Gasteiger partial charge >= 0.3 is 0 Å². The van der Waals surface area contributed by atoms with Crippen LogP contribution in [0.25, 0.3) is 33.4 Å². The zero-order chi connectivity index (χ0) is 26.9. The summed E-state index contributed by atoms with van der Waals surface area (Å²) in [5, 5.41) is 0. The highest BCUT2D eigenvalue weighted by Gasteiger charge is 2.29. The lowest BCUT2D eigenvalue weighted by Gasteiger charge is -2.26. The highest BCUT2D eigenvalue weighted by atomic mass is 14.3. The van der Waals surface area contributed by atoms with Gasteiger partial charge in [-0.3, -0.25) is 0 Å². The van der Waals surface area contributed by atoms with E-state index in [1.807, 2.05) is 0 Å². The smallest absolute Gasteiger partial charge is 0.00130 e. The maximum absolute atomic E-state index is 2.51. The van der Waals surface area contributed by atoms with Crippen molar-refractivity contribution >= 4 is 0 Å². The lowest BCUT2D eigenvalue weighted by Crippen LogP contribution is -2.14. The molecule has 1 aliphatic rings. The summed E-state index contributed by atoms with van der Waals surface area (Å²) in [5.41, 5.74) is 19.5. The quantitative estimate of drug-likeness (QED) is 0.233. The lowest BCUT2D eigenvalue weighted by atomic mass is 9.78. The molecule has 0 saturated heterocycles. The van der Waals surface area contributed by atoms with Gasteiger partial charge in [-0.25, -0.2) is 0 Å². The maximum Gasteiger partial charge on any atom is -0.00130 e. The van der Waals surface area contributed by atoms with Crippen LogP contribution in [0.4, 0.5) is 0 Å². The second kappa shape index (κ2) is 8.73. The average Bonchev–Trinajstić information content (AvgIpc) is 3.11. The molecular formula is C37H42. The van der Waals surface area contributed by atoms with Crippen LogP contribution in [0.1, 0.15) is 86.1 Å². The van der Waals surface area contributed by atoms with Gasteiger partial charge in [0.25, 0.3) is 0 Å². The van der Waals surface area contributed by atoms with Gasteiger partial charge in [0.15, 0.2) is 0 Å². The first-order chi connectivity index (χ1) is 17.2. The van der Waals surface area contributed by atoms with Gasteiger partial charge in [0.05, 0.1) is 0 Å². The minimum atomic E-state index is 0.0522. The number of hydrogen-bond acceptors (Lipinski definition) is 0. The van der Waals surface area contributed by atoms with E-state index < -0.39 is 0 Å². The van der Waals surface area contributed by atoms with Crippen LogP contribution in [0.2, 0.25) is 0 Å². The van der Waals surface area contributed by atoms with Crippen molar-refractivity contribution in [3.8, 4) is 33.4 Å². The molecule has 190 valence electrons. The van der Waals surface area contributed by atoms with E-state index in [9.17, 15) is 0 Å². The molecule has 0 N–H and O–H groups in total. The molecule has 0 nitrogen and oxygen atoms in total. The molecule has 0 unspecified atom stereocenters. The summed E-state index contributed by atoms with van der Waals surface area (Å²) >= 11 is 0. The molecule has 4 aromatic carbocycles. The van der Waals surface area contributed by atoms with E-state index in [2.05, 4.69) is 130 Å². The van der Waals surface area contributed by atoms with Gasteiger partial charge in [0, 0.05) is 0 Å². The molecule has 0 aliphatic heterocycles. The number of aryl methyl sites for hydroxylation is 4. The normalized spacial score (nSPS) is 13.0. The van der Waals surface area contributed by atoms with Crippen LogP contribution in [0.5, 0.6) is 0 Å². The van der Waals surface area contributed by atoms with Crippen molar-refractivity contribution < 1.29 is 0 Å². The fourth-order valence-corrected chi connectivity index (χ4v) is 6.27. The van der Waals surface area contributed by atoms with Gasteiger partial charge in [-0.2, -0.15) is 0 Å². The Kier molecular flexibility index (Phi) is 6.02. The Bertz CT molecular complexity index is 1370. The Morgan fingerprint density at radius 3 is 1.03 bits per heavy atom. The van der Waals surface area contributed by atoms with Crippen molar-refractivity contribution in [3.63, 3.8) is 0 Å². The fourth-order valence-electron chi connectivity index (χ4n) is 6.27. The van der Waals surface area contributed by atoms with Crippen LogP contribution in [0, 0.1) is 27.7 Å². The number of benzene rings is 4. The number of rotatable bonds is 2. The largest absolute Gasteiger partial charge is 0.0563 e. The molecule has 0 heteroatoms. The molecule has 0 saturated carbocycles. The Morgan fingerprint density at radius 1 is 0.405 bits per heavy atom. The second-order valence-corrected chi connectivity index (χ2v) is 13.5. The second-order valence-electron chi connectivity index (χ2n) is 13.5. The SMILES string of the molecule is Cc1cc(C)cc(-c2cc3c(cc2C(C)(C)C)-c2cc(C(C)(C)C)c(-c4cc(C)cc(C)c4)cc2C3)c1. The number of hydrogen-bond donors (Lipinski definition) is 0. The zero-order valence-electron chi connectivity index (χ0n) is 24.5. The Labute approximate surface area is 224 Å². The zero-order valence-corrected chi connectivity index (χ0v) is 24.5.